The Bertz CT molecular complexity index is 1230. The van der Waals surface area contributed by atoms with Gasteiger partial charge in [0.25, 0.3) is 11.4 Å². The van der Waals surface area contributed by atoms with Gasteiger partial charge in [-0.2, -0.15) is 4.99 Å². The van der Waals surface area contributed by atoms with E-state index in [0.717, 1.165) is 67.8 Å². The number of rotatable bonds is 6. The molecule has 1 fully saturated rings. The van der Waals surface area contributed by atoms with Crippen molar-refractivity contribution in [3.05, 3.63) is 79.9 Å². The number of nitro groups is 2. The number of aliphatic imine (C=N–C) groups is 1. The van der Waals surface area contributed by atoms with Gasteiger partial charge < -0.3 is 9.47 Å². The van der Waals surface area contributed by atoms with Crippen LogP contribution in [0.25, 0.3) is 0 Å². The zero-order valence-electron chi connectivity index (χ0n) is 18.4. The van der Waals surface area contributed by atoms with Crippen molar-refractivity contribution in [3.8, 4) is 0 Å². The molecular formula is C22H18N4O10. The van der Waals surface area contributed by atoms with Crippen molar-refractivity contribution in [2.45, 2.75) is 25.7 Å². The molecule has 0 radical (unpaired) electrons. The summed E-state index contributed by atoms with van der Waals surface area (Å²) < 4.78 is 9.26. The van der Waals surface area contributed by atoms with E-state index in [-0.39, 0.29) is 40.7 Å². The Morgan fingerprint density at radius 3 is 1.72 bits per heavy atom. The molecular weight excluding hydrogens is 480 g/mol. The molecule has 36 heavy (non-hydrogen) atoms. The van der Waals surface area contributed by atoms with Gasteiger partial charge in [0, 0.05) is 30.7 Å². The molecule has 1 aliphatic rings. The third-order valence-electron chi connectivity index (χ3n) is 5.17. The molecule has 0 heterocycles. The first-order valence-corrected chi connectivity index (χ1v) is 10.5. The number of esters is 2. The number of hydrogen-bond acceptors (Lipinski definition) is 10. The van der Waals surface area contributed by atoms with Gasteiger partial charge in [-0.1, -0.05) is 19.3 Å². The number of amidine groups is 1. The molecule has 1 N–H and O–H groups in total. The number of benzene rings is 2. The molecule has 0 atom stereocenters. The first-order valence-electron chi connectivity index (χ1n) is 10.5. The fourth-order valence-corrected chi connectivity index (χ4v) is 3.09. The highest BCUT2D eigenvalue weighted by atomic mass is 16.6. The Labute approximate surface area is 202 Å². The first kappa shape index (κ1) is 25.6. The second kappa shape index (κ2) is 11.4. The number of alkyl carbamates (subject to hydrolysis) is 1. The number of nitrogens with one attached hydrogen (secondary N) is 1. The summed E-state index contributed by atoms with van der Waals surface area (Å²) >= 11 is 0. The molecule has 2 aromatic carbocycles. The first-order chi connectivity index (χ1) is 17.1. The Morgan fingerprint density at radius 1 is 0.833 bits per heavy atom. The van der Waals surface area contributed by atoms with Gasteiger partial charge >= 0.3 is 24.1 Å². The fourth-order valence-electron chi connectivity index (χ4n) is 3.09. The molecule has 186 valence electrons. The second-order valence-corrected chi connectivity index (χ2v) is 7.62. The maximum atomic E-state index is 12.2. The van der Waals surface area contributed by atoms with Gasteiger partial charge in [0.1, 0.15) is 5.84 Å². The van der Waals surface area contributed by atoms with Gasteiger partial charge in [0.15, 0.2) is 0 Å². The largest absolute Gasteiger partial charge is 0.443 e. The van der Waals surface area contributed by atoms with E-state index in [0.29, 0.717) is 0 Å². The smallest absolute Gasteiger partial charge is 0.372 e. The van der Waals surface area contributed by atoms with Crippen LogP contribution >= 0.6 is 0 Å². The molecule has 2 aromatic rings. The van der Waals surface area contributed by atoms with Crippen LogP contribution in [0.15, 0.2) is 53.5 Å². The van der Waals surface area contributed by atoms with Crippen LogP contribution in [0.3, 0.4) is 0 Å². The van der Waals surface area contributed by atoms with Crippen LogP contribution in [0.5, 0.6) is 0 Å². The lowest BCUT2D eigenvalue weighted by atomic mass is 9.83. The standard InChI is InChI=1S/C22H18N4O10/c27-19(14-4-8-16(9-5-14)25(31)32)35-21(29)23-18(12-13-2-1-3-13)24-22(30)36-20(28)15-6-10-17(11-7-15)26(33)34/h4-11,13H,1-3,12H2,(H,23,24,29,30). The van der Waals surface area contributed by atoms with Crippen molar-refractivity contribution in [2.24, 2.45) is 10.9 Å². The van der Waals surface area contributed by atoms with Crippen molar-refractivity contribution < 1.29 is 38.5 Å². The maximum Gasteiger partial charge on any atom is 0.443 e. The third-order valence-corrected chi connectivity index (χ3v) is 5.17. The van der Waals surface area contributed by atoms with Crippen molar-refractivity contribution in [3.63, 3.8) is 0 Å². The molecule has 14 nitrogen and oxygen atoms in total. The summed E-state index contributed by atoms with van der Waals surface area (Å²) in [4.78, 5) is 72.3. The minimum Gasteiger partial charge on any atom is -0.372 e. The number of non-ortho nitro benzene ring substituents is 2. The highest BCUT2D eigenvalue weighted by Crippen LogP contribution is 2.29. The van der Waals surface area contributed by atoms with Gasteiger partial charge in [0.05, 0.1) is 21.0 Å². The van der Waals surface area contributed by atoms with E-state index < -0.39 is 34.0 Å². The number of carbonyl (C=O) groups excluding carboxylic acids is 4. The Morgan fingerprint density at radius 2 is 1.31 bits per heavy atom. The van der Waals surface area contributed by atoms with Gasteiger partial charge in [0.2, 0.25) is 0 Å². The summed E-state index contributed by atoms with van der Waals surface area (Å²) in [6.45, 7) is 0. The van der Waals surface area contributed by atoms with Crippen LogP contribution in [0, 0.1) is 26.1 Å². The average Bonchev–Trinajstić information content (AvgIpc) is 2.81. The van der Waals surface area contributed by atoms with E-state index in [9.17, 15) is 39.4 Å². The van der Waals surface area contributed by atoms with E-state index in [1.54, 1.807) is 0 Å². The van der Waals surface area contributed by atoms with E-state index >= 15 is 0 Å². The topological polar surface area (TPSA) is 197 Å². The van der Waals surface area contributed by atoms with E-state index in [1.165, 1.54) is 0 Å². The summed E-state index contributed by atoms with van der Waals surface area (Å²) in [6.07, 6.45) is 0.106. The van der Waals surface area contributed by atoms with E-state index in [1.807, 2.05) is 0 Å². The Balaban J connectivity index is 1.63. The fraction of sp³-hybridized carbons (Fsp3) is 0.227. The number of nitro benzene ring substituents is 2. The number of ether oxygens (including phenoxy) is 2. The van der Waals surface area contributed by atoms with Crippen molar-refractivity contribution in [2.75, 3.05) is 0 Å². The van der Waals surface area contributed by atoms with Crippen LogP contribution in [-0.4, -0.2) is 39.8 Å². The summed E-state index contributed by atoms with van der Waals surface area (Å²) in [6, 6.07) is 8.68. The van der Waals surface area contributed by atoms with Gasteiger partial charge in [-0.05, 0) is 30.2 Å². The number of amides is 2. The van der Waals surface area contributed by atoms with Gasteiger partial charge in [-0.15, -0.1) is 0 Å². The van der Waals surface area contributed by atoms with Crippen molar-refractivity contribution in [1.82, 2.24) is 5.32 Å². The molecule has 3 rings (SSSR count). The number of nitrogens with zero attached hydrogens (tertiary/aromatic N) is 3. The Hall–Kier alpha value is -5.01. The zero-order valence-corrected chi connectivity index (χ0v) is 18.4. The van der Waals surface area contributed by atoms with E-state index in [2.05, 4.69) is 19.8 Å². The SMILES string of the molecule is O=C(N=C(CC1CCC1)NC(=O)OC(=O)c1ccc([N+](=O)[O-])cc1)OC(=O)c1ccc([N+](=O)[O-])cc1. The normalized spacial score (nSPS) is 13.2. The number of carbonyl (C=O) groups is 4. The predicted octanol–water partition coefficient (Wildman–Crippen LogP) is 3.94. The summed E-state index contributed by atoms with van der Waals surface area (Å²) in [5.41, 5.74) is -0.774. The lowest BCUT2D eigenvalue weighted by molar-refractivity contribution is -0.385. The lowest BCUT2D eigenvalue weighted by Gasteiger charge is -2.25. The van der Waals surface area contributed by atoms with Crippen LogP contribution in [0.4, 0.5) is 21.0 Å². The zero-order chi connectivity index (χ0) is 26.2. The molecule has 14 heteroatoms. The molecule has 1 saturated carbocycles. The maximum absolute atomic E-state index is 12.2. The highest BCUT2D eigenvalue weighted by Gasteiger charge is 2.24. The third kappa shape index (κ3) is 6.99. The van der Waals surface area contributed by atoms with Crippen molar-refractivity contribution >= 4 is 41.3 Å². The molecule has 0 aromatic heterocycles. The van der Waals surface area contributed by atoms with Gasteiger partial charge in [-0.25, -0.2) is 19.2 Å². The molecule has 0 bridgehead atoms. The molecule has 0 unspecified atom stereocenters. The quantitative estimate of drug-likeness (QED) is 0.152. The summed E-state index contributed by atoms with van der Waals surface area (Å²) in [5, 5.41) is 23.6. The molecule has 0 aliphatic heterocycles. The minimum absolute atomic E-state index is 0.104. The summed E-state index contributed by atoms with van der Waals surface area (Å²) in [7, 11) is 0. The minimum atomic E-state index is -1.35. The molecule has 1 aliphatic carbocycles. The number of hydrogen-bond donors (Lipinski definition) is 1. The van der Waals surface area contributed by atoms with Crippen LogP contribution in [0.2, 0.25) is 0 Å². The molecule has 0 spiro atoms. The van der Waals surface area contributed by atoms with Crippen LogP contribution in [0.1, 0.15) is 46.4 Å². The predicted molar refractivity (Wildman–Crippen MR) is 120 cm³/mol. The summed E-state index contributed by atoms with van der Waals surface area (Å²) in [5.74, 6) is -2.30. The highest BCUT2D eigenvalue weighted by molar-refractivity contribution is 6.06. The monoisotopic (exact) mass is 498 g/mol. The Kier molecular flexibility index (Phi) is 8.12. The van der Waals surface area contributed by atoms with E-state index in [4.69, 9.17) is 0 Å². The lowest BCUT2D eigenvalue weighted by Crippen LogP contribution is -2.35. The average molecular weight is 498 g/mol. The van der Waals surface area contributed by atoms with Crippen LogP contribution < -0.4 is 5.32 Å². The second-order valence-electron chi connectivity index (χ2n) is 7.62. The van der Waals surface area contributed by atoms with Crippen LogP contribution in [-0.2, 0) is 9.47 Å². The van der Waals surface area contributed by atoms with Gasteiger partial charge in [-0.3, -0.25) is 25.5 Å². The molecule has 2 amide bonds. The molecule has 0 saturated heterocycles. The van der Waals surface area contributed by atoms with Crippen molar-refractivity contribution in [1.29, 1.82) is 0 Å².